The Morgan fingerprint density at radius 1 is 1.19 bits per heavy atom. The summed E-state index contributed by atoms with van der Waals surface area (Å²) in [4.78, 5) is 11.1. The third-order valence-corrected chi connectivity index (χ3v) is 3.01. The van der Waals surface area contributed by atoms with Gasteiger partial charge in [0, 0.05) is 0 Å². The molecule has 0 amide bonds. The molecule has 16 heavy (non-hydrogen) atoms. The van der Waals surface area contributed by atoms with Crippen molar-refractivity contribution in [3.63, 3.8) is 0 Å². The molecule has 2 heteroatoms. The zero-order valence-corrected chi connectivity index (χ0v) is 10.2. The molecule has 0 fully saturated rings. The smallest absolute Gasteiger partial charge is 0.307 e. The predicted molar refractivity (Wildman–Crippen MR) is 65.5 cm³/mol. The summed E-state index contributed by atoms with van der Waals surface area (Å²) >= 11 is 0. The molecule has 1 atom stereocenters. The van der Waals surface area contributed by atoms with Gasteiger partial charge in [-0.2, -0.15) is 0 Å². The van der Waals surface area contributed by atoms with E-state index in [2.05, 4.69) is 19.1 Å². The molecular weight excluding hydrogens is 200 g/mol. The van der Waals surface area contributed by atoms with Crippen LogP contribution in [0.15, 0.2) is 24.3 Å². The molecule has 0 radical (unpaired) electrons. The number of aryl methyl sites for hydroxylation is 1. The summed E-state index contributed by atoms with van der Waals surface area (Å²) in [5, 5.41) is 9.11. The largest absolute Gasteiger partial charge is 0.481 e. The first-order chi connectivity index (χ1) is 7.54. The number of rotatable bonds is 5. The molecule has 0 spiro atoms. The van der Waals surface area contributed by atoms with Crippen molar-refractivity contribution in [1.29, 1.82) is 0 Å². The number of carboxylic acids is 1. The van der Waals surface area contributed by atoms with E-state index in [1.54, 1.807) is 0 Å². The molecule has 1 aromatic rings. The molecule has 1 aromatic carbocycles. The van der Waals surface area contributed by atoms with Gasteiger partial charge in [0.25, 0.3) is 0 Å². The van der Waals surface area contributed by atoms with Crippen molar-refractivity contribution in [2.24, 2.45) is 11.8 Å². The molecule has 0 heterocycles. The molecule has 1 unspecified atom stereocenters. The lowest BCUT2D eigenvalue weighted by molar-refractivity contribution is -0.143. The Labute approximate surface area is 97.3 Å². The fourth-order valence-corrected chi connectivity index (χ4v) is 1.77. The zero-order chi connectivity index (χ0) is 12.1. The van der Waals surface area contributed by atoms with Crippen molar-refractivity contribution in [1.82, 2.24) is 0 Å². The molecule has 0 aliphatic heterocycles. The first kappa shape index (κ1) is 12.8. The predicted octanol–water partition coefficient (Wildman–Crippen LogP) is 3.15. The van der Waals surface area contributed by atoms with Crippen molar-refractivity contribution in [2.45, 2.75) is 33.6 Å². The molecule has 1 rings (SSSR count). The van der Waals surface area contributed by atoms with Gasteiger partial charge in [0.1, 0.15) is 0 Å². The van der Waals surface area contributed by atoms with Gasteiger partial charge in [-0.15, -0.1) is 0 Å². The summed E-state index contributed by atoms with van der Waals surface area (Å²) in [6.07, 6.45) is 1.64. The highest BCUT2D eigenvalue weighted by Gasteiger charge is 2.21. The molecule has 0 aliphatic carbocycles. The highest BCUT2D eigenvalue weighted by atomic mass is 16.4. The van der Waals surface area contributed by atoms with Crippen LogP contribution in [0.4, 0.5) is 0 Å². The highest BCUT2D eigenvalue weighted by molar-refractivity contribution is 5.70. The van der Waals surface area contributed by atoms with Crippen LogP contribution in [0.3, 0.4) is 0 Å². The molecule has 0 saturated heterocycles. The first-order valence-electron chi connectivity index (χ1n) is 5.85. The Balaban J connectivity index is 2.74. The number of benzene rings is 1. The standard InChI is InChI=1S/C14H20O2/c1-4-11-5-7-12(8-6-11)9-13(10(2)3)14(15)16/h5-8,10,13H,4,9H2,1-3H3,(H,15,16). The maximum atomic E-state index is 11.1. The molecule has 0 saturated carbocycles. The number of carboxylic acid groups (broad SMARTS) is 1. The van der Waals surface area contributed by atoms with Crippen LogP contribution in [0.1, 0.15) is 31.9 Å². The van der Waals surface area contributed by atoms with Gasteiger partial charge >= 0.3 is 5.97 Å². The number of carbonyl (C=O) groups is 1. The van der Waals surface area contributed by atoms with E-state index >= 15 is 0 Å². The van der Waals surface area contributed by atoms with E-state index in [1.165, 1.54) is 5.56 Å². The van der Waals surface area contributed by atoms with E-state index in [-0.39, 0.29) is 11.8 Å². The molecular formula is C14H20O2. The maximum absolute atomic E-state index is 11.1. The van der Waals surface area contributed by atoms with Gasteiger partial charge in [-0.25, -0.2) is 0 Å². The van der Waals surface area contributed by atoms with E-state index in [1.807, 2.05) is 26.0 Å². The maximum Gasteiger partial charge on any atom is 0.307 e. The van der Waals surface area contributed by atoms with Crippen molar-refractivity contribution in [3.05, 3.63) is 35.4 Å². The van der Waals surface area contributed by atoms with E-state index in [4.69, 9.17) is 5.11 Å². The van der Waals surface area contributed by atoms with E-state index in [0.29, 0.717) is 6.42 Å². The van der Waals surface area contributed by atoms with Crippen LogP contribution in [0.2, 0.25) is 0 Å². The molecule has 0 aromatic heterocycles. The molecule has 2 nitrogen and oxygen atoms in total. The van der Waals surface area contributed by atoms with Gasteiger partial charge in [-0.1, -0.05) is 45.0 Å². The van der Waals surface area contributed by atoms with Crippen LogP contribution >= 0.6 is 0 Å². The van der Waals surface area contributed by atoms with Crippen LogP contribution in [0.25, 0.3) is 0 Å². The van der Waals surface area contributed by atoms with E-state index < -0.39 is 5.97 Å². The fraction of sp³-hybridized carbons (Fsp3) is 0.500. The van der Waals surface area contributed by atoms with Crippen LogP contribution in [-0.4, -0.2) is 11.1 Å². The second-order valence-electron chi connectivity index (χ2n) is 4.56. The third-order valence-electron chi connectivity index (χ3n) is 3.01. The Morgan fingerprint density at radius 2 is 1.69 bits per heavy atom. The van der Waals surface area contributed by atoms with Crippen LogP contribution < -0.4 is 0 Å². The zero-order valence-electron chi connectivity index (χ0n) is 10.2. The van der Waals surface area contributed by atoms with Gasteiger partial charge in [-0.3, -0.25) is 4.79 Å². The second kappa shape index (κ2) is 5.69. The van der Waals surface area contributed by atoms with E-state index in [9.17, 15) is 4.79 Å². The minimum atomic E-state index is -0.699. The van der Waals surface area contributed by atoms with Gasteiger partial charge < -0.3 is 5.11 Å². The Bertz CT molecular complexity index is 338. The van der Waals surface area contributed by atoms with Crippen molar-refractivity contribution < 1.29 is 9.90 Å². The number of hydrogen-bond donors (Lipinski definition) is 1. The molecule has 88 valence electrons. The Morgan fingerprint density at radius 3 is 2.06 bits per heavy atom. The summed E-state index contributed by atoms with van der Waals surface area (Å²) in [6.45, 7) is 6.03. The summed E-state index contributed by atoms with van der Waals surface area (Å²) in [5.41, 5.74) is 2.40. The molecule has 1 N–H and O–H groups in total. The normalized spacial score (nSPS) is 12.8. The third kappa shape index (κ3) is 3.37. The molecule has 0 aliphatic rings. The summed E-state index contributed by atoms with van der Waals surface area (Å²) in [5.74, 6) is -0.814. The van der Waals surface area contributed by atoms with E-state index in [0.717, 1.165) is 12.0 Å². The van der Waals surface area contributed by atoms with Gasteiger partial charge in [0.2, 0.25) is 0 Å². The number of aliphatic carboxylic acids is 1. The minimum Gasteiger partial charge on any atom is -0.481 e. The Kier molecular flexibility index (Phi) is 4.53. The van der Waals surface area contributed by atoms with Crippen LogP contribution in [0, 0.1) is 11.8 Å². The van der Waals surface area contributed by atoms with Crippen LogP contribution in [-0.2, 0) is 17.6 Å². The van der Waals surface area contributed by atoms with Crippen molar-refractivity contribution in [3.8, 4) is 0 Å². The monoisotopic (exact) mass is 220 g/mol. The van der Waals surface area contributed by atoms with Crippen LogP contribution in [0.5, 0.6) is 0 Å². The quantitative estimate of drug-likeness (QED) is 0.827. The topological polar surface area (TPSA) is 37.3 Å². The second-order valence-corrected chi connectivity index (χ2v) is 4.56. The SMILES string of the molecule is CCc1ccc(CC(C(=O)O)C(C)C)cc1. The van der Waals surface area contributed by atoms with Gasteiger partial charge in [0.15, 0.2) is 0 Å². The van der Waals surface area contributed by atoms with Gasteiger partial charge in [-0.05, 0) is 29.9 Å². The lowest BCUT2D eigenvalue weighted by Gasteiger charge is -2.16. The van der Waals surface area contributed by atoms with Crippen molar-refractivity contribution >= 4 is 5.97 Å². The lowest BCUT2D eigenvalue weighted by Crippen LogP contribution is -2.22. The van der Waals surface area contributed by atoms with Crippen molar-refractivity contribution in [2.75, 3.05) is 0 Å². The Hall–Kier alpha value is -1.31. The number of hydrogen-bond acceptors (Lipinski definition) is 1. The summed E-state index contributed by atoms with van der Waals surface area (Å²) in [6, 6.07) is 8.23. The average Bonchev–Trinajstić information content (AvgIpc) is 2.25. The highest BCUT2D eigenvalue weighted by Crippen LogP contribution is 2.18. The fourth-order valence-electron chi connectivity index (χ4n) is 1.77. The molecule has 0 bridgehead atoms. The average molecular weight is 220 g/mol. The van der Waals surface area contributed by atoms with Gasteiger partial charge in [0.05, 0.1) is 5.92 Å². The summed E-state index contributed by atoms with van der Waals surface area (Å²) < 4.78 is 0. The first-order valence-corrected chi connectivity index (χ1v) is 5.85. The minimum absolute atomic E-state index is 0.170. The lowest BCUT2D eigenvalue weighted by atomic mass is 9.89. The summed E-state index contributed by atoms with van der Waals surface area (Å²) in [7, 11) is 0.